The Morgan fingerprint density at radius 2 is 2.31 bits per heavy atom. The fraction of sp³-hybridized carbons (Fsp3) is 0.556. The van der Waals surface area contributed by atoms with Gasteiger partial charge < -0.3 is 5.73 Å². The van der Waals surface area contributed by atoms with Gasteiger partial charge >= 0.3 is 0 Å². The van der Waals surface area contributed by atoms with E-state index in [-0.39, 0.29) is 0 Å². The van der Waals surface area contributed by atoms with E-state index < -0.39 is 0 Å². The molecule has 3 nitrogen and oxygen atoms in total. The monoisotopic (exact) mass is 197 g/mol. The Balaban J connectivity index is 2.28. The second-order valence-electron chi connectivity index (χ2n) is 2.82. The summed E-state index contributed by atoms with van der Waals surface area (Å²) in [6.07, 6.45) is 5.44. The number of aromatic nitrogens is 2. The number of rotatable bonds is 5. The second kappa shape index (κ2) is 5.80. The summed E-state index contributed by atoms with van der Waals surface area (Å²) in [6, 6.07) is 1.70. The van der Waals surface area contributed by atoms with Gasteiger partial charge in [0.15, 0.2) is 5.16 Å². The van der Waals surface area contributed by atoms with Crippen molar-refractivity contribution in [1.29, 1.82) is 0 Å². The van der Waals surface area contributed by atoms with Crippen molar-refractivity contribution < 1.29 is 0 Å². The zero-order valence-electron chi connectivity index (χ0n) is 7.86. The van der Waals surface area contributed by atoms with Crippen LogP contribution in [0.4, 0.5) is 5.82 Å². The molecule has 1 heterocycles. The minimum Gasteiger partial charge on any atom is -0.384 e. The lowest BCUT2D eigenvalue weighted by Crippen LogP contribution is -1.93. The van der Waals surface area contributed by atoms with Crippen LogP contribution < -0.4 is 5.73 Å². The van der Waals surface area contributed by atoms with Crippen LogP contribution in [0.3, 0.4) is 0 Å². The standard InChI is InChI=1S/C9H15N3S/c1-2-3-4-7-13-9-11-6-5-8(10)12-9/h5-6H,2-4,7H2,1H3,(H2,10,11,12). The maximum atomic E-state index is 5.52. The Morgan fingerprint density at radius 3 is 3.00 bits per heavy atom. The van der Waals surface area contributed by atoms with E-state index in [9.17, 15) is 0 Å². The van der Waals surface area contributed by atoms with Crippen LogP contribution in [0.5, 0.6) is 0 Å². The number of unbranched alkanes of at least 4 members (excludes halogenated alkanes) is 2. The summed E-state index contributed by atoms with van der Waals surface area (Å²) in [5, 5.41) is 0.788. The lowest BCUT2D eigenvalue weighted by molar-refractivity contribution is 0.777. The number of nitrogens with two attached hydrogens (primary N) is 1. The third-order valence-corrected chi connectivity index (χ3v) is 2.58. The molecule has 0 spiro atoms. The molecule has 0 radical (unpaired) electrons. The summed E-state index contributed by atoms with van der Waals surface area (Å²) in [7, 11) is 0. The van der Waals surface area contributed by atoms with Crippen LogP contribution in [0.25, 0.3) is 0 Å². The van der Waals surface area contributed by atoms with Crippen LogP contribution in [-0.2, 0) is 0 Å². The highest BCUT2D eigenvalue weighted by Crippen LogP contribution is 2.15. The van der Waals surface area contributed by atoms with E-state index in [4.69, 9.17) is 5.73 Å². The molecule has 0 aromatic carbocycles. The first kappa shape index (κ1) is 10.3. The third-order valence-electron chi connectivity index (χ3n) is 1.63. The highest BCUT2D eigenvalue weighted by molar-refractivity contribution is 7.99. The highest BCUT2D eigenvalue weighted by atomic mass is 32.2. The van der Waals surface area contributed by atoms with Gasteiger partial charge in [0.05, 0.1) is 0 Å². The first-order valence-electron chi connectivity index (χ1n) is 4.54. The van der Waals surface area contributed by atoms with Gasteiger partial charge in [-0.1, -0.05) is 31.5 Å². The van der Waals surface area contributed by atoms with Gasteiger partial charge in [0.1, 0.15) is 5.82 Å². The van der Waals surface area contributed by atoms with Gasteiger partial charge in [-0.3, -0.25) is 0 Å². The number of hydrogen-bond acceptors (Lipinski definition) is 4. The molecule has 0 aliphatic heterocycles. The second-order valence-corrected chi connectivity index (χ2v) is 3.88. The molecule has 13 heavy (non-hydrogen) atoms. The van der Waals surface area contributed by atoms with Gasteiger partial charge in [0.25, 0.3) is 0 Å². The molecular weight excluding hydrogens is 182 g/mol. The van der Waals surface area contributed by atoms with Crippen LogP contribution in [-0.4, -0.2) is 15.7 Å². The molecule has 0 saturated carbocycles. The van der Waals surface area contributed by atoms with Crippen LogP contribution in [0.1, 0.15) is 26.2 Å². The smallest absolute Gasteiger partial charge is 0.189 e. The number of hydrogen-bond donors (Lipinski definition) is 1. The van der Waals surface area contributed by atoms with Gasteiger partial charge in [-0.25, -0.2) is 9.97 Å². The van der Waals surface area contributed by atoms with Crippen molar-refractivity contribution in [3.8, 4) is 0 Å². The van der Waals surface area contributed by atoms with Crippen molar-refractivity contribution in [3.05, 3.63) is 12.3 Å². The number of nitrogens with zero attached hydrogens (tertiary/aromatic N) is 2. The zero-order valence-corrected chi connectivity index (χ0v) is 8.68. The molecule has 0 unspecified atom stereocenters. The average Bonchev–Trinajstić information content (AvgIpc) is 2.13. The maximum absolute atomic E-state index is 5.52. The van der Waals surface area contributed by atoms with E-state index in [1.54, 1.807) is 24.0 Å². The number of anilines is 1. The molecule has 0 saturated heterocycles. The highest BCUT2D eigenvalue weighted by Gasteiger charge is 1.96. The summed E-state index contributed by atoms with van der Waals surface area (Å²) in [5.41, 5.74) is 5.52. The number of thioether (sulfide) groups is 1. The Labute approximate surface area is 83.2 Å². The van der Waals surface area contributed by atoms with E-state index in [2.05, 4.69) is 16.9 Å². The van der Waals surface area contributed by atoms with Crippen LogP contribution in [0.2, 0.25) is 0 Å². The Morgan fingerprint density at radius 1 is 1.46 bits per heavy atom. The molecule has 72 valence electrons. The Hall–Kier alpha value is -0.770. The molecule has 2 N–H and O–H groups in total. The molecule has 1 aromatic heterocycles. The SMILES string of the molecule is CCCCCSc1nccc(N)n1. The Bertz CT molecular complexity index is 252. The molecule has 4 heteroatoms. The van der Waals surface area contributed by atoms with E-state index in [1.165, 1.54) is 19.3 Å². The predicted octanol–water partition coefficient (Wildman–Crippen LogP) is 2.34. The fourth-order valence-corrected chi connectivity index (χ4v) is 1.78. The minimum atomic E-state index is 0.549. The molecule has 0 aliphatic carbocycles. The average molecular weight is 197 g/mol. The molecule has 0 atom stereocenters. The molecule has 0 aliphatic rings. The van der Waals surface area contributed by atoms with Gasteiger partial charge in [0, 0.05) is 11.9 Å². The summed E-state index contributed by atoms with van der Waals surface area (Å²) in [4.78, 5) is 8.21. The fourth-order valence-electron chi connectivity index (χ4n) is 0.939. The molecule has 0 bridgehead atoms. The molecular formula is C9H15N3S. The molecule has 1 rings (SSSR count). The summed E-state index contributed by atoms with van der Waals surface area (Å²) < 4.78 is 0. The summed E-state index contributed by atoms with van der Waals surface area (Å²) in [5.74, 6) is 1.63. The topological polar surface area (TPSA) is 51.8 Å². The third kappa shape index (κ3) is 4.12. The normalized spacial score (nSPS) is 10.2. The molecule has 0 amide bonds. The number of nitrogen functional groups attached to an aromatic ring is 1. The van der Waals surface area contributed by atoms with Gasteiger partial charge in [0.2, 0.25) is 0 Å². The molecule has 1 aromatic rings. The van der Waals surface area contributed by atoms with Gasteiger partial charge in [-0.15, -0.1) is 0 Å². The van der Waals surface area contributed by atoms with Crippen molar-refractivity contribution in [1.82, 2.24) is 9.97 Å². The largest absolute Gasteiger partial charge is 0.384 e. The van der Waals surface area contributed by atoms with Crippen molar-refractivity contribution in [3.63, 3.8) is 0 Å². The minimum absolute atomic E-state index is 0.549. The first-order valence-corrected chi connectivity index (χ1v) is 5.53. The van der Waals surface area contributed by atoms with E-state index in [0.717, 1.165) is 10.9 Å². The first-order chi connectivity index (χ1) is 6.33. The predicted molar refractivity (Wildman–Crippen MR) is 56.7 cm³/mol. The van der Waals surface area contributed by atoms with Crippen molar-refractivity contribution in [2.45, 2.75) is 31.3 Å². The quantitative estimate of drug-likeness (QED) is 0.447. The zero-order chi connectivity index (χ0) is 9.52. The van der Waals surface area contributed by atoms with E-state index in [0.29, 0.717) is 5.82 Å². The van der Waals surface area contributed by atoms with Gasteiger partial charge in [-0.2, -0.15) is 0 Å². The van der Waals surface area contributed by atoms with Crippen molar-refractivity contribution in [2.75, 3.05) is 11.5 Å². The molecule has 0 fully saturated rings. The Kier molecular flexibility index (Phi) is 4.60. The van der Waals surface area contributed by atoms with Crippen LogP contribution in [0.15, 0.2) is 17.4 Å². The van der Waals surface area contributed by atoms with E-state index >= 15 is 0 Å². The van der Waals surface area contributed by atoms with E-state index in [1.807, 2.05) is 0 Å². The van der Waals surface area contributed by atoms with Crippen LogP contribution >= 0.6 is 11.8 Å². The van der Waals surface area contributed by atoms with Gasteiger partial charge in [-0.05, 0) is 12.5 Å². The lowest BCUT2D eigenvalue weighted by atomic mass is 10.3. The summed E-state index contributed by atoms with van der Waals surface area (Å²) in [6.45, 7) is 2.20. The maximum Gasteiger partial charge on any atom is 0.189 e. The van der Waals surface area contributed by atoms with Crippen molar-refractivity contribution >= 4 is 17.6 Å². The van der Waals surface area contributed by atoms with Crippen LogP contribution in [0, 0.1) is 0 Å². The lowest BCUT2D eigenvalue weighted by Gasteiger charge is -1.99. The summed E-state index contributed by atoms with van der Waals surface area (Å²) >= 11 is 1.67. The van der Waals surface area contributed by atoms with Crippen molar-refractivity contribution in [2.24, 2.45) is 0 Å².